The van der Waals surface area contributed by atoms with Crippen LogP contribution in [0, 0.1) is 12.8 Å². The zero-order chi connectivity index (χ0) is 20.5. The van der Waals surface area contributed by atoms with Crippen LogP contribution in [0.25, 0.3) is 5.69 Å². The van der Waals surface area contributed by atoms with Crippen LogP contribution in [0.4, 0.5) is 0 Å². The van der Waals surface area contributed by atoms with Crippen molar-refractivity contribution in [1.82, 2.24) is 19.7 Å². The molecular weight excluding hydrogens is 413 g/mol. The summed E-state index contributed by atoms with van der Waals surface area (Å²) >= 11 is 12.6. The van der Waals surface area contributed by atoms with E-state index >= 15 is 0 Å². The number of benzene rings is 1. The van der Waals surface area contributed by atoms with E-state index in [1.54, 1.807) is 25.1 Å². The average Bonchev–Trinajstić information content (AvgIpc) is 3.09. The molecule has 2 unspecified atom stereocenters. The Morgan fingerprint density at radius 3 is 2.55 bits per heavy atom. The van der Waals surface area contributed by atoms with E-state index in [-0.39, 0.29) is 23.9 Å². The van der Waals surface area contributed by atoms with Gasteiger partial charge in [-0.3, -0.25) is 4.79 Å². The Morgan fingerprint density at radius 1 is 1.21 bits per heavy atom. The van der Waals surface area contributed by atoms with Gasteiger partial charge in [-0.1, -0.05) is 29.3 Å². The van der Waals surface area contributed by atoms with Crippen molar-refractivity contribution in [2.75, 3.05) is 19.7 Å². The molecule has 3 heterocycles. The Bertz CT molecular complexity index is 875. The van der Waals surface area contributed by atoms with Crippen LogP contribution in [0.2, 0.25) is 10.0 Å². The van der Waals surface area contributed by atoms with Gasteiger partial charge in [0.1, 0.15) is 11.5 Å². The molecule has 9 heteroatoms. The van der Waals surface area contributed by atoms with E-state index in [2.05, 4.69) is 10.1 Å². The van der Waals surface area contributed by atoms with Gasteiger partial charge in [0.25, 0.3) is 5.91 Å². The lowest BCUT2D eigenvalue weighted by Gasteiger charge is -2.38. The third-order valence-corrected chi connectivity index (χ3v) is 6.43. The van der Waals surface area contributed by atoms with E-state index in [0.29, 0.717) is 40.6 Å². The molecule has 1 amide bonds. The third kappa shape index (κ3) is 4.28. The van der Waals surface area contributed by atoms with Gasteiger partial charge in [-0.25, -0.2) is 9.67 Å². The van der Waals surface area contributed by atoms with Crippen molar-refractivity contribution in [1.29, 1.82) is 0 Å². The SMILES string of the molecule is Cc1nc(C(=O)N2CCC(C3CC(N)CCO3)CC2)nn1-c1c(Cl)cccc1Cl. The number of aromatic nitrogens is 3. The first-order valence-corrected chi connectivity index (χ1v) is 10.7. The predicted octanol–water partition coefficient (Wildman–Crippen LogP) is 3.24. The van der Waals surface area contributed by atoms with E-state index in [9.17, 15) is 4.79 Å². The topological polar surface area (TPSA) is 86.3 Å². The summed E-state index contributed by atoms with van der Waals surface area (Å²) in [4.78, 5) is 19.1. The van der Waals surface area contributed by atoms with Crippen molar-refractivity contribution in [3.8, 4) is 5.69 Å². The highest BCUT2D eigenvalue weighted by Gasteiger charge is 2.33. The number of likely N-dealkylation sites (tertiary alicyclic amines) is 1. The van der Waals surface area contributed by atoms with Crippen LogP contribution in [-0.2, 0) is 4.74 Å². The number of rotatable bonds is 3. The van der Waals surface area contributed by atoms with Gasteiger partial charge >= 0.3 is 0 Å². The van der Waals surface area contributed by atoms with Crippen molar-refractivity contribution in [2.45, 2.75) is 44.8 Å². The monoisotopic (exact) mass is 437 g/mol. The Kier molecular flexibility index (Phi) is 6.11. The number of para-hydroxylation sites is 1. The number of hydrogen-bond donors (Lipinski definition) is 1. The average molecular weight is 438 g/mol. The summed E-state index contributed by atoms with van der Waals surface area (Å²) in [5.41, 5.74) is 6.62. The van der Waals surface area contributed by atoms with Crippen LogP contribution in [0.15, 0.2) is 18.2 Å². The fourth-order valence-corrected chi connectivity index (χ4v) is 4.74. The maximum absolute atomic E-state index is 13.0. The van der Waals surface area contributed by atoms with Crippen LogP contribution in [0.3, 0.4) is 0 Å². The van der Waals surface area contributed by atoms with Crippen molar-refractivity contribution in [3.63, 3.8) is 0 Å². The predicted molar refractivity (Wildman–Crippen MR) is 112 cm³/mol. The van der Waals surface area contributed by atoms with E-state index in [4.69, 9.17) is 33.7 Å². The van der Waals surface area contributed by atoms with Crippen LogP contribution in [0.5, 0.6) is 0 Å². The van der Waals surface area contributed by atoms with Crippen LogP contribution < -0.4 is 5.73 Å². The lowest BCUT2D eigenvalue weighted by molar-refractivity contribution is -0.0420. The number of halogens is 2. The van der Waals surface area contributed by atoms with E-state index < -0.39 is 0 Å². The fraction of sp³-hybridized carbons (Fsp3) is 0.550. The zero-order valence-electron chi connectivity index (χ0n) is 16.4. The van der Waals surface area contributed by atoms with Gasteiger partial charge in [0, 0.05) is 25.7 Å². The van der Waals surface area contributed by atoms with Gasteiger partial charge < -0.3 is 15.4 Å². The summed E-state index contributed by atoms with van der Waals surface area (Å²) in [5, 5.41) is 5.31. The molecule has 0 saturated carbocycles. The molecule has 1 aromatic heterocycles. The van der Waals surface area contributed by atoms with Gasteiger partial charge in [-0.2, -0.15) is 0 Å². The Hall–Kier alpha value is -1.67. The maximum atomic E-state index is 13.0. The molecule has 7 nitrogen and oxygen atoms in total. The summed E-state index contributed by atoms with van der Waals surface area (Å²) < 4.78 is 7.45. The quantitative estimate of drug-likeness (QED) is 0.795. The summed E-state index contributed by atoms with van der Waals surface area (Å²) in [6, 6.07) is 5.45. The number of carbonyl (C=O) groups is 1. The van der Waals surface area contributed by atoms with Crippen LogP contribution >= 0.6 is 23.2 Å². The fourth-order valence-electron chi connectivity index (χ4n) is 4.18. The Balaban J connectivity index is 1.45. The van der Waals surface area contributed by atoms with Gasteiger partial charge in [0.15, 0.2) is 0 Å². The van der Waals surface area contributed by atoms with Crippen LogP contribution in [0.1, 0.15) is 42.1 Å². The van der Waals surface area contributed by atoms with Crippen molar-refractivity contribution in [3.05, 3.63) is 39.9 Å². The van der Waals surface area contributed by atoms with Crippen molar-refractivity contribution in [2.24, 2.45) is 11.7 Å². The second-order valence-corrected chi connectivity index (χ2v) is 8.60. The molecule has 0 radical (unpaired) electrons. The first-order chi connectivity index (χ1) is 13.9. The number of amides is 1. The number of nitrogens with two attached hydrogens (primary N) is 1. The first kappa shape index (κ1) is 20.6. The number of ether oxygens (including phenoxy) is 1. The van der Waals surface area contributed by atoms with E-state index in [1.165, 1.54) is 4.68 Å². The molecular formula is C20H25Cl2N5O2. The highest BCUT2D eigenvalue weighted by Crippen LogP contribution is 2.30. The molecule has 2 aromatic rings. The Morgan fingerprint density at radius 2 is 1.90 bits per heavy atom. The van der Waals surface area contributed by atoms with Crippen molar-refractivity contribution >= 4 is 29.1 Å². The second kappa shape index (κ2) is 8.60. The standard InChI is InChI=1S/C20H25Cl2N5O2/c1-12-24-19(25-27(12)18-15(21)3-2-4-16(18)22)20(28)26-8-5-13(6-9-26)17-11-14(23)7-10-29-17/h2-4,13-14,17H,5-11,23H2,1H3. The number of piperidine rings is 1. The minimum absolute atomic E-state index is 0.160. The van der Waals surface area contributed by atoms with E-state index in [0.717, 1.165) is 32.3 Å². The van der Waals surface area contributed by atoms with Gasteiger partial charge in [0.05, 0.1) is 16.1 Å². The molecule has 0 spiro atoms. The van der Waals surface area contributed by atoms with Crippen molar-refractivity contribution < 1.29 is 9.53 Å². The molecule has 0 bridgehead atoms. The first-order valence-electron chi connectivity index (χ1n) is 9.98. The number of carbonyl (C=O) groups excluding carboxylic acids is 1. The van der Waals surface area contributed by atoms with Gasteiger partial charge in [-0.15, -0.1) is 5.10 Å². The van der Waals surface area contributed by atoms with Gasteiger partial charge in [0.2, 0.25) is 5.82 Å². The molecule has 156 valence electrons. The van der Waals surface area contributed by atoms with Gasteiger partial charge in [-0.05, 0) is 50.7 Å². The summed E-state index contributed by atoms with van der Waals surface area (Å²) in [7, 11) is 0. The summed E-state index contributed by atoms with van der Waals surface area (Å²) in [6.07, 6.45) is 3.84. The summed E-state index contributed by atoms with van der Waals surface area (Å²) in [5.74, 6) is 0.991. The molecule has 2 fully saturated rings. The minimum atomic E-state index is -0.172. The van der Waals surface area contributed by atoms with Crippen LogP contribution in [-0.4, -0.2) is 57.4 Å². The molecule has 2 atom stereocenters. The molecule has 1 aromatic carbocycles. The zero-order valence-corrected chi connectivity index (χ0v) is 17.9. The smallest absolute Gasteiger partial charge is 0.293 e. The summed E-state index contributed by atoms with van der Waals surface area (Å²) in [6.45, 7) is 3.84. The number of hydrogen-bond acceptors (Lipinski definition) is 5. The minimum Gasteiger partial charge on any atom is -0.378 e. The lowest BCUT2D eigenvalue weighted by atomic mass is 9.86. The second-order valence-electron chi connectivity index (χ2n) is 7.79. The molecule has 2 aliphatic rings. The normalized spacial score (nSPS) is 23.4. The highest BCUT2D eigenvalue weighted by atomic mass is 35.5. The molecule has 29 heavy (non-hydrogen) atoms. The maximum Gasteiger partial charge on any atom is 0.293 e. The third-order valence-electron chi connectivity index (χ3n) is 5.82. The molecule has 4 rings (SSSR count). The number of aryl methyl sites for hydroxylation is 1. The highest BCUT2D eigenvalue weighted by molar-refractivity contribution is 6.37. The molecule has 2 saturated heterocycles. The molecule has 2 N–H and O–H groups in total. The largest absolute Gasteiger partial charge is 0.378 e. The van der Waals surface area contributed by atoms with E-state index in [1.807, 2.05) is 4.90 Å². The lowest BCUT2D eigenvalue weighted by Crippen LogP contribution is -2.45. The number of nitrogens with zero attached hydrogens (tertiary/aromatic N) is 4. The Labute approximate surface area is 180 Å². The molecule has 0 aliphatic carbocycles. The molecule has 2 aliphatic heterocycles.